The third-order valence-corrected chi connectivity index (χ3v) is 6.17. The zero-order valence-corrected chi connectivity index (χ0v) is 20.1. The summed E-state index contributed by atoms with van der Waals surface area (Å²) in [6.45, 7) is 6.35. The summed E-state index contributed by atoms with van der Waals surface area (Å²) in [4.78, 5) is 21.6. The Morgan fingerprint density at radius 2 is 1.90 bits per heavy atom. The lowest BCUT2D eigenvalue weighted by atomic mass is 9.88. The van der Waals surface area contributed by atoms with E-state index in [-0.39, 0.29) is 42.4 Å². The van der Waals surface area contributed by atoms with E-state index in [2.05, 4.69) is 16.8 Å². The summed E-state index contributed by atoms with van der Waals surface area (Å²) in [7, 11) is 0. The van der Waals surface area contributed by atoms with E-state index in [0.29, 0.717) is 18.1 Å². The van der Waals surface area contributed by atoms with Crippen molar-refractivity contribution in [2.45, 2.75) is 37.9 Å². The summed E-state index contributed by atoms with van der Waals surface area (Å²) >= 11 is 6.04. The van der Waals surface area contributed by atoms with Crippen LogP contribution < -0.4 is 0 Å². The molecule has 5 nitrogen and oxygen atoms in total. The first kappa shape index (κ1) is 25.9. The zero-order valence-electron chi connectivity index (χ0n) is 17.7. The van der Waals surface area contributed by atoms with Crippen LogP contribution in [0.25, 0.3) is 0 Å². The molecule has 1 atom stereocenters. The van der Waals surface area contributed by atoms with Crippen molar-refractivity contribution in [1.82, 2.24) is 14.8 Å². The number of rotatable bonds is 4. The van der Waals surface area contributed by atoms with Crippen molar-refractivity contribution in [3.05, 3.63) is 64.9 Å². The van der Waals surface area contributed by atoms with E-state index < -0.39 is 0 Å². The first-order chi connectivity index (χ1) is 14.0. The number of aromatic nitrogens is 1. The lowest BCUT2D eigenvalue weighted by Crippen LogP contribution is -2.60. The highest BCUT2D eigenvalue weighted by atomic mass is 35.5. The number of likely N-dealkylation sites (tertiary alicyclic amines) is 1. The molecule has 31 heavy (non-hydrogen) atoms. The van der Waals surface area contributed by atoms with Gasteiger partial charge in [-0.2, -0.15) is 0 Å². The number of hydrogen-bond donors (Lipinski definition) is 0. The van der Waals surface area contributed by atoms with Gasteiger partial charge in [-0.05, 0) is 49.9 Å². The molecule has 0 aliphatic carbocycles. The second-order valence-corrected chi connectivity index (χ2v) is 8.70. The molecule has 2 aliphatic rings. The summed E-state index contributed by atoms with van der Waals surface area (Å²) in [5.74, 6) is 0.107. The smallest absolute Gasteiger partial charge is 0.254 e. The van der Waals surface area contributed by atoms with Gasteiger partial charge in [-0.1, -0.05) is 29.8 Å². The minimum Gasteiger partial charge on any atom is -0.368 e. The third-order valence-electron chi connectivity index (χ3n) is 5.96. The van der Waals surface area contributed by atoms with Gasteiger partial charge in [0.2, 0.25) is 0 Å². The van der Waals surface area contributed by atoms with Crippen LogP contribution in [-0.4, -0.2) is 65.1 Å². The van der Waals surface area contributed by atoms with Gasteiger partial charge in [-0.25, -0.2) is 0 Å². The molecule has 170 valence electrons. The van der Waals surface area contributed by atoms with Crippen molar-refractivity contribution < 1.29 is 9.53 Å². The highest BCUT2D eigenvalue weighted by Gasteiger charge is 2.43. The van der Waals surface area contributed by atoms with Gasteiger partial charge in [0.15, 0.2) is 0 Å². The number of carbonyl (C=O) groups excluding carboxylic acids is 1. The summed E-state index contributed by atoms with van der Waals surface area (Å²) < 4.78 is 6.41. The Morgan fingerprint density at radius 3 is 2.58 bits per heavy atom. The molecule has 0 saturated carbocycles. The topological polar surface area (TPSA) is 45.7 Å². The van der Waals surface area contributed by atoms with Crippen LogP contribution in [0.5, 0.6) is 0 Å². The minimum atomic E-state index is -0.226. The van der Waals surface area contributed by atoms with Gasteiger partial charge in [0, 0.05) is 44.1 Å². The Morgan fingerprint density at radius 1 is 1.19 bits per heavy atom. The van der Waals surface area contributed by atoms with Gasteiger partial charge in [0.05, 0.1) is 23.3 Å². The number of piperidine rings is 1. The summed E-state index contributed by atoms with van der Waals surface area (Å²) in [6, 6.07) is 11.5. The first-order valence-electron chi connectivity index (χ1n) is 10.4. The number of carbonyl (C=O) groups is 1. The molecule has 3 heterocycles. The Hall–Kier alpha value is -1.37. The van der Waals surface area contributed by atoms with Crippen LogP contribution in [0.4, 0.5) is 0 Å². The monoisotopic (exact) mass is 485 g/mol. The predicted molar refractivity (Wildman–Crippen MR) is 129 cm³/mol. The lowest BCUT2D eigenvalue weighted by Gasteiger charge is -2.49. The fourth-order valence-electron chi connectivity index (χ4n) is 4.48. The van der Waals surface area contributed by atoms with E-state index in [0.717, 1.165) is 44.5 Å². The minimum absolute atomic E-state index is 0. The van der Waals surface area contributed by atoms with Crippen LogP contribution in [0, 0.1) is 0 Å². The maximum atomic E-state index is 13.0. The zero-order chi connectivity index (χ0) is 20.3. The summed E-state index contributed by atoms with van der Waals surface area (Å²) in [6.07, 6.45) is 6.44. The Bertz CT molecular complexity index is 845. The maximum Gasteiger partial charge on any atom is 0.254 e. The molecular weight excluding hydrogens is 457 g/mol. The molecule has 1 amide bonds. The molecule has 1 aromatic heterocycles. The molecule has 2 fully saturated rings. The summed E-state index contributed by atoms with van der Waals surface area (Å²) in [5.41, 5.74) is 1.69. The Kier molecular flexibility index (Phi) is 9.59. The Labute approximate surface area is 201 Å². The highest BCUT2D eigenvalue weighted by molar-refractivity contribution is 6.30. The van der Waals surface area contributed by atoms with Crippen LogP contribution in [0.3, 0.4) is 0 Å². The quantitative estimate of drug-likeness (QED) is 0.637. The maximum absolute atomic E-state index is 13.0. The third kappa shape index (κ3) is 6.56. The molecule has 1 spiro atoms. The van der Waals surface area contributed by atoms with E-state index in [1.54, 1.807) is 6.20 Å². The number of amides is 1. The molecule has 4 rings (SSSR count). The molecule has 2 saturated heterocycles. The number of halogens is 3. The molecule has 8 heteroatoms. The average Bonchev–Trinajstić information content (AvgIpc) is 2.73. The second-order valence-electron chi connectivity index (χ2n) is 8.27. The molecule has 0 bridgehead atoms. The highest BCUT2D eigenvalue weighted by Crippen LogP contribution is 2.33. The van der Waals surface area contributed by atoms with Crippen molar-refractivity contribution in [1.29, 1.82) is 0 Å². The van der Waals surface area contributed by atoms with Gasteiger partial charge in [-0.15, -0.1) is 24.8 Å². The molecule has 0 radical (unpaired) electrons. The van der Waals surface area contributed by atoms with Crippen LogP contribution in [0.15, 0.2) is 48.8 Å². The molecular formula is C23H30Cl3N3O2. The van der Waals surface area contributed by atoms with E-state index >= 15 is 0 Å². The molecule has 2 aliphatic heterocycles. The second kappa shape index (κ2) is 11.5. The van der Waals surface area contributed by atoms with Gasteiger partial charge in [0.25, 0.3) is 5.91 Å². The summed E-state index contributed by atoms with van der Waals surface area (Å²) in [5, 5.41) is 0.688. The molecule has 2 aromatic rings. The fourth-order valence-corrected chi connectivity index (χ4v) is 4.68. The first-order valence-corrected chi connectivity index (χ1v) is 10.7. The number of nitrogens with zero attached hydrogens (tertiary/aromatic N) is 3. The van der Waals surface area contributed by atoms with E-state index in [1.165, 1.54) is 5.56 Å². The fraction of sp³-hybridized carbons (Fsp3) is 0.478. The van der Waals surface area contributed by atoms with Crippen molar-refractivity contribution >= 4 is 42.3 Å². The van der Waals surface area contributed by atoms with Crippen LogP contribution in [0.2, 0.25) is 5.02 Å². The Balaban J connectivity index is 0.00000171. The standard InChI is InChI=1S/C23H28ClN3O2.2ClH/c1-18-16-27(22(28)20-5-3-2-4-6-20)17-23(29-18)8-11-26(12-9-23)10-7-19-13-21(24)15-25-14-19;;/h2-6,13-15,18H,7-12,16-17H2,1H3;2*1H. The molecule has 0 N–H and O–H groups in total. The van der Waals surface area contributed by atoms with Crippen molar-refractivity contribution in [2.24, 2.45) is 0 Å². The average molecular weight is 487 g/mol. The van der Waals surface area contributed by atoms with Gasteiger partial charge in [0.1, 0.15) is 0 Å². The van der Waals surface area contributed by atoms with Crippen molar-refractivity contribution in [3.8, 4) is 0 Å². The van der Waals surface area contributed by atoms with Gasteiger partial charge >= 0.3 is 0 Å². The van der Waals surface area contributed by atoms with Crippen molar-refractivity contribution in [3.63, 3.8) is 0 Å². The number of morpholine rings is 1. The molecule has 1 aromatic carbocycles. The van der Waals surface area contributed by atoms with Crippen LogP contribution >= 0.6 is 36.4 Å². The normalized spacial score (nSPS) is 20.6. The van der Waals surface area contributed by atoms with Gasteiger partial charge in [-0.3, -0.25) is 9.78 Å². The van der Waals surface area contributed by atoms with Crippen molar-refractivity contribution in [2.75, 3.05) is 32.7 Å². The predicted octanol–water partition coefficient (Wildman–Crippen LogP) is 4.52. The van der Waals surface area contributed by atoms with E-state index in [9.17, 15) is 4.79 Å². The number of hydrogen-bond acceptors (Lipinski definition) is 4. The number of benzene rings is 1. The van der Waals surface area contributed by atoms with Gasteiger partial charge < -0.3 is 14.5 Å². The van der Waals surface area contributed by atoms with Crippen LogP contribution in [0.1, 0.15) is 35.7 Å². The number of ether oxygens (including phenoxy) is 1. The van der Waals surface area contributed by atoms with Crippen LogP contribution in [-0.2, 0) is 11.2 Å². The SMILES string of the molecule is CC1CN(C(=O)c2ccccc2)CC2(CCN(CCc3cncc(Cl)c3)CC2)O1.Cl.Cl. The number of pyridine rings is 1. The lowest BCUT2D eigenvalue weighted by molar-refractivity contribution is -0.161. The largest absolute Gasteiger partial charge is 0.368 e. The van der Waals surface area contributed by atoms with E-state index in [1.807, 2.05) is 47.5 Å². The van der Waals surface area contributed by atoms with E-state index in [4.69, 9.17) is 16.3 Å². The molecule has 1 unspecified atom stereocenters.